The molecule has 0 saturated heterocycles. The summed E-state index contributed by atoms with van der Waals surface area (Å²) in [7, 11) is 0. The molecule has 0 N–H and O–H groups in total. The van der Waals surface area contributed by atoms with E-state index in [2.05, 4.69) is 0 Å². The number of hydrogen-bond donors (Lipinski definition) is 0. The van der Waals surface area contributed by atoms with Gasteiger partial charge in [-0.25, -0.2) is 0 Å². The third kappa shape index (κ3) is 3.29. The minimum Gasteiger partial charge on any atom is -0.545 e. The SMILES string of the molecule is O=C([O-])c1ccc(C(F)(F)F)c(OCOC2C3CC4CC(C3)CC2C4)c1. The Morgan fingerprint density at radius 2 is 1.69 bits per heavy atom. The van der Waals surface area contributed by atoms with Gasteiger partial charge in [0.1, 0.15) is 5.75 Å². The summed E-state index contributed by atoms with van der Waals surface area (Å²) in [5.41, 5.74) is -1.38. The van der Waals surface area contributed by atoms with E-state index < -0.39 is 23.5 Å². The van der Waals surface area contributed by atoms with Crippen molar-refractivity contribution in [1.29, 1.82) is 0 Å². The fraction of sp³-hybridized carbons (Fsp3) is 0.632. The highest BCUT2D eigenvalue weighted by Crippen LogP contribution is 2.54. The molecule has 0 amide bonds. The molecule has 26 heavy (non-hydrogen) atoms. The van der Waals surface area contributed by atoms with Crippen molar-refractivity contribution in [2.45, 2.75) is 44.4 Å². The van der Waals surface area contributed by atoms with Crippen molar-refractivity contribution < 1.29 is 32.5 Å². The van der Waals surface area contributed by atoms with Gasteiger partial charge in [-0.1, -0.05) is 6.07 Å². The molecule has 0 radical (unpaired) electrons. The molecule has 4 aliphatic rings. The standard InChI is InChI=1S/C19H21F3O4/c20-19(21,22)15-2-1-12(18(23)24)8-16(15)25-9-26-17-13-4-10-3-11(6-13)7-14(17)5-10/h1-2,8,10-11,13-14,17H,3-7,9H2,(H,23,24)/p-1. The number of alkyl halides is 3. The maximum atomic E-state index is 13.1. The van der Waals surface area contributed by atoms with E-state index >= 15 is 0 Å². The first-order valence-electron chi connectivity index (χ1n) is 8.98. The molecule has 0 aliphatic heterocycles. The second-order valence-electron chi connectivity index (χ2n) is 7.82. The molecule has 7 heteroatoms. The molecular formula is C19H20F3O4-. The summed E-state index contributed by atoms with van der Waals surface area (Å²) >= 11 is 0. The number of halogens is 3. The molecule has 142 valence electrons. The van der Waals surface area contributed by atoms with Crippen LogP contribution in [0.1, 0.15) is 48.0 Å². The zero-order chi connectivity index (χ0) is 18.5. The summed E-state index contributed by atoms with van der Waals surface area (Å²) < 4.78 is 50.4. The van der Waals surface area contributed by atoms with Crippen LogP contribution in [0, 0.1) is 23.7 Å². The molecular weight excluding hydrogens is 349 g/mol. The summed E-state index contributed by atoms with van der Waals surface area (Å²) in [5.74, 6) is 0.385. The summed E-state index contributed by atoms with van der Waals surface area (Å²) in [5, 5.41) is 10.9. The first kappa shape index (κ1) is 17.6. The Kier molecular flexibility index (Phi) is 4.37. The van der Waals surface area contributed by atoms with E-state index in [4.69, 9.17) is 9.47 Å². The van der Waals surface area contributed by atoms with E-state index in [-0.39, 0.29) is 18.5 Å². The molecule has 1 aromatic carbocycles. The lowest BCUT2D eigenvalue weighted by molar-refractivity contribution is -0.255. The Labute approximate surface area is 149 Å². The van der Waals surface area contributed by atoms with Gasteiger partial charge < -0.3 is 19.4 Å². The highest BCUT2D eigenvalue weighted by molar-refractivity contribution is 5.86. The normalized spacial score (nSPS) is 32.7. The van der Waals surface area contributed by atoms with Crippen molar-refractivity contribution in [1.82, 2.24) is 0 Å². The number of rotatable bonds is 5. The fourth-order valence-corrected chi connectivity index (χ4v) is 5.33. The van der Waals surface area contributed by atoms with E-state index in [0.29, 0.717) is 17.9 Å². The van der Waals surface area contributed by atoms with Crippen LogP contribution < -0.4 is 9.84 Å². The largest absolute Gasteiger partial charge is 0.545 e. The zero-order valence-corrected chi connectivity index (χ0v) is 14.1. The molecule has 4 aliphatic carbocycles. The van der Waals surface area contributed by atoms with Crippen LogP contribution in [-0.2, 0) is 10.9 Å². The van der Waals surface area contributed by atoms with Gasteiger partial charge in [-0.15, -0.1) is 0 Å². The lowest BCUT2D eigenvalue weighted by Crippen LogP contribution is -2.49. The molecule has 0 heterocycles. The van der Waals surface area contributed by atoms with Gasteiger partial charge in [0.05, 0.1) is 17.6 Å². The average molecular weight is 369 g/mol. The molecule has 5 rings (SSSR count). The minimum absolute atomic E-state index is 0.0291. The van der Waals surface area contributed by atoms with Gasteiger partial charge in [0.25, 0.3) is 0 Å². The number of benzene rings is 1. The molecule has 0 unspecified atom stereocenters. The van der Waals surface area contributed by atoms with Crippen LogP contribution >= 0.6 is 0 Å². The van der Waals surface area contributed by atoms with Gasteiger partial charge in [-0.3, -0.25) is 0 Å². The summed E-state index contributed by atoms with van der Waals surface area (Å²) in [6.45, 7) is -0.313. The molecule has 0 aromatic heterocycles. The van der Waals surface area contributed by atoms with E-state index in [1.54, 1.807) is 0 Å². The molecule has 4 saturated carbocycles. The quantitative estimate of drug-likeness (QED) is 0.748. The third-order valence-corrected chi connectivity index (χ3v) is 6.14. The van der Waals surface area contributed by atoms with Crippen LogP contribution in [0.5, 0.6) is 5.75 Å². The molecule has 4 nitrogen and oxygen atoms in total. The predicted octanol–water partition coefficient (Wildman–Crippen LogP) is 3.25. The molecule has 4 bridgehead atoms. The van der Waals surface area contributed by atoms with Crippen molar-refractivity contribution in [3.05, 3.63) is 29.3 Å². The average Bonchev–Trinajstić information content (AvgIpc) is 2.55. The summed E-state index contributed by atoms with van der Waals surface area (Å²) in [6, 6.07) is 2.41. The summed E-state index contributed by atoms with van der Waals surface area (Å²) in [6.07, 6.45) is 1.22. The minimum atomic E-state index is -4.64. The second-order valence-corrected chi connectivity index (χ2v) is 7.82. The molecule has 4 fully saturated rings. The number of carbonyl (C=O) groups is 1. The Morgan fingerprint density at radius 1 is 1.08 bits per heavy atom. The van der Waals surface area contributed by atoms with Crippen LogP contribution in [0.2, 0.25) is 0 Å². The number of carboxylic acid groups (broad SMARTS) is 1. The van der Waals surface area contributed by atoms with Crippen molar-refractivity contribution >= 4 is 5.97 Å². The monoisotopic (exact) mass is 369 g/mol. The highest BCUT2D eigenvalue weighted by Gasteiger charge is 2.48. The van der Waals surface area contributed by atoms with Crippen molar-refractivity contribution in [3.8, 4) is 5.75 Å². The van der Waals surface area contributed by atoms with Gasteiger partial charge in [0.15, 0.2) is 6.79 Å². The number of ether oxygens (including phenoxy) is 2. The van der Waals surface area contributed by atoms with E-state index in [0.717, 1.165) is 49.7 Å². The number of carbonyl (C=O) groups excluding carboxylic acids is 1. The Bertz CT molecular complexity index is 673. The topological polar surface area (TPSA) is 58.6 Å². The van der Waals surface area contributed by atoms with Gasteiger partial charge >= 0.3 is 6.18 Å². The van der Waals surface area contributed by atoms with E-state index in [9.17, 15) is 23.1 Å². The maximum Gasteiger partial charge on any atom is 0.419 e. The van der Waals surface area contributed by atoms with Gasteiger partial charge in [0, 0.05) is 5.56 Å². The number of hydrogen-bond acceptors (Lipinski definition) is 4. The first-order chi connectivity index (χ1) is 12.3. The summed E-state index contributed by atoms with van der Waals surface area (Å²) in [4.78, 5) is 10.9. The van der Waals surface area contributed by atoms with Crippen molar-refractivity contribution in [2.75, 3.05) is 6.79 Å². The van der Waals surface area contributed by atoms with Crippen molar-refractivity contribution in [2.24, 2.45) is 23.7 Å². The first-order valence-corrected chi connectivity index (χ1v) is 8.98. The highest BCUT2D eigenvalue weighted by atomic mass is 19.4. The lowest BCUT2D eigenvalue weighted by atomic mass is 9.55. The Balaban J connectivity index is 1.44. The number of carboxylic acids is 1. The molecule has 1 aromatic rings. The molecule has 0 atom stereocenters. The Morgan fingerprint density at radius 3 is 2.23 bits per heavy atom. The van der Waals surface area contributed by atoms with Crippen LogP contribution in [0.25, 0.3) is 0 Å². The van der Waals surface area contributed by atoms with Crippen LogP contribution in [-0.4, -0.2) is 18.9 Å². The lowest BCUT2D eigenvalue weighted by Gasteiger charge is -2.53. The number of aromatic carboxylic acids is 1. The van der Waals surface area contributed by atoms with Crippen LogP contribution in [0.3, 0.4) is 0 Å². The second kappa shape index (κ2) is 6.44. The molecule has 0 spiro atoms. The van der Waals surface area contributed by atoms with Gasteiger partial charge in [-0.2, -0.15) is 13.2 Å². The van der Waals surface area contributed by atoms with Gasteiger partial charge in [-0.05, 0) is 67.9 Å². The van der Waals surface area contributed by atoms with Crippen molar-refractivity contribution in [3.63, 3.8) is 0 Å². The third-order valence-electron chi connectivity index (χ3n) is 6.14. The fourth-order valence-electron chi connectivity index (χ4n) is 5.33. The Hall–Kier alpha value is -1.76. The predicted molar refractivity (Wildman–Crippen MR) is 83.2 cm³/mol. The zero-order valence-electron chi connectivity index (χ0n) is 14.1. The maximum absolute atomic E-state index is 13.1. The van der Waals surface area contributed by atoms with Crippen LogP contribution in [0.15, 0.2) is 18.2 Å². The van der Waals surface area contributed by atoms with E-state index in [1.165, 1.54) is 6.42 Å². The smallest absolute Gasteiger partial charge is 0.419 e. The van der Waals surface area contributed by atoms with Gasteiger partial charge in [0.2, 0.25) is 0 Å². The van der Waals surface area contributed by atoms with Crippen LogP contribution in [0.4, 0.5) is 13.2 Å². The van der Waals surface area contributed by atoms with E-state index in [1.807, 2.05) is 0 Å².